The number of rotatable bonds is 8. The van der Waals surface area contributed by atoms with Gasteiger partial charge in [0.2, 0.25) is 5.91 Å². The Morgan fingerprint density at radius 1 is 1.14 bits per heavy atom. The monoisotopic (exact) mass is 384 g/mol. The van der Waals surface area contributed by atoms with Gasteiger partial charge in [0, 0.05) is 12.1 Å². The third-order valence-electron chi connectivity index (χ3n) is 4.87. The lowest BCUT2D eigenvalue weighted by atomic mass is 9.93. The van der Waals surface area contributed by atoms with Crippen LogP contribution < -0.4 is 20.5 Å². The van der Waals surface area contributed by atoms with Crippen LogP contribution in [0.1, 0.15) is 30.5 Å². The summed E-state index contributed by atoms with van der Waals surface area (Å²) in [6, 6.07) is 14.6. The number of aliphatic hydroxyl groups is 1. The Morgan fingerprint density at radius 2 is 1.89 bits per heavy atom. The van der Waals surface area contributed by atoms with Crippen LogP contribution in [0.3, 0.4) is 0 Å². The highest BCUT2D eigenvalue weighted by Crippen LogP contribution is 2.37. The minimum absolute atomic E-state index is 0.0282. The van der Waals surface area contributed by atoms with Gasteiger partial charge < -0.3 is 25.6 Å². The minimum Gasteiger partial charge on any atom is -0.486 e. The number of fused-ring (bicyclic) bond motifs is 1. The lowest BCUT2D eigenvalue weighted by molar-refractivity contribution is -0.120. The van der Waals surface area contributed by atoms with Crippen molar-refractivity contribution in [2.45, 2.75) is 31.9 Å². The highest BCUT2D eigenvalue weighted by atomic mass is 16.6. The molecule has 0 saturated heterocycles. The first-order valence-electron chi connectivity index (χ1n) is 9.67. The topological polar surface area (TPSA) is 93.8 Å². The van der Waals surface area contributed by atoms with Gasteiger partial charge in [-0.3, -0.25) is 4.79 Å². The fourth-order valence-corrected chi connectivity index (χ4v) is 3.34. The lowest BCUT2D eigenvalue weighted by Crippen LogP contribution is -2.34. The summed E-state index contributed by atoms with van der Waals surface area (Å²) < 4.78 is 11.3. The van der Waals surface area contributed by atoms with E-state index in [1.165, 1.54) is 0 Å². The van der Waals surface area contributed by atoms with Crippen molar-refractivity contribution in [3.8, 4) is 11.5 Å². The second-order valence-electron chi connectivity index (χ2n) is 7.27. The maximum atomic E-state index is 12.1. The van der Waals surface area contributed by atoms with Crippen LogP contribution in [0, 0.1) is 5.92 Å². The van der Waals surface area contributed by atoms with E-state index in [0.29, 0.717) is 44.1 Å². The molecule has 2 aromatic carbocycles. The van der Waals surface area contributed by atoms with Crippen molar-refractivity contribution in [3.05, 3.63) is 59.7 Å². The molecule has 6 nitrogen and oxygen atoms in total. The van der Waals surface area contributed by atoms with Gasteiger partial charge in [-0.05, 0) is 24.0 Å². The fraction of sp³-hybridized carbons (Fsp3) is 0.409. The zero-order chi connectivity index (χ0) is 19.9. The van der Waals surface area contributed by atoms with E-state index < -0.39 is 12.1 Å². The number of benzene rings is 2. The van der Waals surface area contributed by atoms with E-state index in [2.05, 4.69) is 5.32 Å². The second-order valence-corrected chi connectivity index (χ2v) is 7.27. The van der Waals surface area contributed by atoms with E-state index in [-0.39, 0.29) is 11.8 Å². The van der Waals surface area contributed by atoms with Crippen LogP contribution in [0.5, 0.6) is 11.5 Å². The molecule has 1 aliphatic rings. The Bertz CT molecular complexity index is 781. The van der Waals surface area contributed by atoms with Crippen LogP contribution in [0.4, 0.5) is 0 Å². The number of amides is 1. The molecular weight excluding hydrogens is 356 g/mol. The molecule has 28 heavy (non-hydrogen) atoms. The van der Waals surface area contributed by atoms with Gasteiger partial charge in [0.15, 0.2) is 11.5 Å². The zero-order valence-corrected chi connectivity index (χ0v) is 16.1. The SMILES string of the molecule is CC(CNC(=O)Cc1ccccc1)CC(O)C(N)c1cccc2c1OCCO2. The highest BCUT2D eigenvalue weighted by Gasteiger charge is 2.25. The quantitative estimate of drug-likeness (QED) is 0.649. The molecule has 0 spiro atoms. The summed E-state index contributed by atoms with van der Waals surface area (Å²) >= 11 is 0. The number of ether oxygens (including phenoxy) is 2. The van der Waals surface area contributed by atoms with E-state index >= 15 is 0 Å². The van der Waals surface area contributed by atoms with Crippen molar-refractivity contribution in [2.75, 3.05) is 19.8 Å². The van der Waals surface area contributed by atoms with Crippen LogP contribution in [0.15, 0.2) is 48.5 Å². The largest absolute Gasteiger partial charge is 0.486 e. The molecule has 1 heterocycles. The normalized spacial score (nSPS) is 16.1. The summed E-state index contributed by atoms with van der Waals surface area (Å²) in [5.41, 5.74) is 8.01. The van der Waals surface area contributed by atoms with Gasteiger partial charge >= 0.3 is 0 Å². The summed E-state index contributed by atoms with van der Waals surface area (Å²) in [6.45, 7) is 3.45. The highest BCUT2D eigenvalue weighted by molar-refractivity contribution is 5.78. The van der Waals surface area contributed by atoms with Crippen LogP contribution >= 0.6 is 0 Å². The zero-order valence-electron chi connectivity index (χ0n) is 16.1. The van der Waals surface area contributed by atoms with E-state index in [1.807, 2.05) is 55.5 Å². The van der Waals surface area contributed by atoms with E-state index in [0.717, 1.165) is 11.1 Å². The van der Waals surface area contributed by atoms with Crippen molar-refractivity contribution in [1.82, 2.24) is 5.32 Å². The van der Waals surface area contributed by atoms with Crippen LogP contribution in [0.2, 0.25) is 0 Å². The summed E-state index contributed by atoms with van der Waals surface area (Å²) in [5.74, 6) is 1.33. The Labute approximate surface area is 165 Å². The van der Waals surface area contributed by atoms with Gasteiger partial charge in [-0.2, -0.15) is 0 Å². The number of carbonyl (C=O) groups excluding carboxylic acids is 1. The molecule has 3 rings (SSSR count). The smallest absolute Gasteiger partial charge is 0.224 e. The minimum atomic E-state index is -0.752. The number of hydrogen-bond donors (Lipinski definition) is 3. The molecule has 1 aliphatic heterocycles. The third kappa shape index (κ3) is 5.24. The third-order valence-corrected chi connectivity index (χ3v) is 4.87. The van der Waals surface area contributed by atoms with Gasteiger partial charge in [-0.1, -0.05) is 49.4 Å². The van der Waals surface area contributed by atoms with Crippen LogP contribution in [-0.4, -0.2) is 36.9 Å². The first kappa shape index (κ1) is 20.2. The van der Waals surface area contributed by atoms with Crippen molar-refractivity contribution in [3.63, 3.8) is 0 Å². The molecule has 3 unspecified atom stereocenters. The molecule has 150 valence electrons. The van der Waals surface area contributed by atoms with Gasteiger partial charge in [0.1, 0.15) is 13.2 Å². The Morgan fingerprint density at radius 3 is 2.68 bits per heavy atom. The average Bonchev–Trinajstić information content (AvgIpc) is 2.72. The van der Waals surface area contributed by atoms with Crippen LogP contribution in [-0.2, 0) is 11.2 Å². The molecular formula is C22H28N2O4. The van der Waals surface area contributed by atoms with Gasteiger partial charge in [-0.15, -0.1) is 0 Å². The summed E-state index contributed by atoms with van der Waals surface area (Å²) in [7, 11) is 0. The Balaban J connectivity index is 1.50. The molecule has 0 aliphatic carbocycles. The summed E-state index contributed by atoms with van der Waals surface area (Å²) in [4.78, 5) is 12.1. The number of carbonyl (C=O) groups is 1. The predicted octanol–water partition coefficient (Wildman–Crippen LogP) is 2.20. The van der Waals surface area contributed by atoms with Crippen molar-refractivity contribution < 1.29 is 19.4 Å². The maximum absolute atomic E-state index is 12.1. The number of hydrogen-bond acceptors (Lipinski definition) is 5. The number of para-hydroxylation sites is 1. The molecule has 4 N–H and O–H groups in total. The van der Waals surface area contributed by atoms with Crippen molar-refractivity contribution >= 4 is 5.91 Å². The first-order valence-corrected chi connectivity index (χ1v) is 9.67. The maximum Gasteiger partial charge on any atom is 0.224 e. The van der Waals surface area contributed by atoms with E-state index in [4.69, 9.17) is 15.2 Å². The lowest BCUT2D eigenvalue weighted by Gasteiger charge is -2.27. The molecule has 6 heteroatoms. The van der Waals surface area contributed by atoms with Crippen LogP contribution in [0.25, 0.3) is 0 Å². The molecule has 0 radical (unpaired) electrons. The molecule has 0 aromatic heterocycles. The molecule has 2 aromatic rings. The van der Waals surface area contributed by atoms with Gasteiger partial charge in [0.05, 0.1) is 18.6 Å². The molecule has 0 bridgehead atoms. The average molecular weight is 384 g/mol. The standard InChI is InChI=1S/C22H28N2O4/c1-15(14-24-20(26)13-16-6-3-2-4-7-16)12-18(25)21(23)17-8-5-9-19-22(17)28-11-10-27-19/h2-9,15,18,21,25H,10-14,23H2,1H3,(H,24,26). The van der Waals surface area contributed by atoms with Crippen molar-refractivity contribution in [2.24, 2.45) is 11.7 Å². The van der Waals surface area contributed by atoms with Gasteiger partial charge in [0.25, 0.3) is 0 Å². The molecule has 0 saturated carbocycles. The number of nitrogens with one attached hydrogen (secondary N) is 1. The van der Waals surface area contributed by atoms with Gasteiger partial charge in [-0.25, -0.2) is 0 Å². The first-order chi connectivity index (χ1) is 13.5. The van der Waals surface area contributed by atoms with Crippen molar-refractivity contribution in [1.29, 1.82) is 0 Å². The number of nitrogens with two attached hydrogens (primary N) is 1. The summed E-state index contributed by atoms with van der Waals surface area (Å²) in [6.07, 6.45) is 0.0681. The Kier molecular flexibility index (Phi) is 6.90. The second kappa shape index (κ2) is 9.57. The molecule has 0 fully saturated rings. The Hall–Kier alpha value is -2.57. The van der Waals surface area contributed by atoms with E-state index in [9.17, 15) is 9.90 Å². The fourth-order valence-electron chi connectivity index (χ4n) is 3.34. The number of aliphatic hydroxyl groups excluding tert-OH is 1. The summed E-state index contributed by atoms with van der Waals surface area (Å²) in [5, 5.41) is 13.5. The predicted molar refractivity (Wildman–Crippen MR) is 107 cm³/mol. The van der Waals surface area contributed by atoms with E-state index in [1.54, 1.807) is 0 Å². The molecule has 1 amide bonds. The molecule has 3 atom stereocenters.